The van der Waals surface area contributed by atoms with Gasteiger partial charge in [0.05, 0.1) is 12.6 Å². The van der Waals surface area contributed by atoms with Crippen molar-refractivity contribution < 1.29 is 19.1 Å². The molecular formula is C28H31N5O4. The van der Waals surface area contributed by atoms with Crippen LogP contribution in [0.4, 0.5) is 21.9 Å². The number of nitrogens with one attached hydrogen (secondary N) is 3. The van der Waals surface area contributed by atoms with Crippen LogP contribution in [0.25, 0.3) is 0 Å². The number of amides is 4. The van der Waals surface area contributed by atoms with Gasteiger partial charge < -0.3 is 30.5 Å². The van der Waals surface area contributed by atoms with Crippen molar-refractivity contribution in [3.05, 3.63) is 78.9 Å². The lowest BCUT2D eigenvalue weighted by Gasteiger charge is -2.25. The second kappa shape index (κ2) is 11.9. The molecule has 0 bridgehead atoms. The molecule has 0 spiro atoms. The fourth-order valence-corrected chi connectivity index (χ4v) is 4.10. The van der Waals surface area contributed by atoms with E-state index >= 15 is 0 Å². The molecule has 0 aliphatic carbocycles. The second-order valence-corrected chi connectivity index (χ2v) is 8.87. The number of hydrogen-bond acceptors (Lipinski definition) is 5. The van der Waals surface area contributed by atoms with Gasteiger partial charge in [0.25, 0.3) is 0 Å². The first-order chi connectivity index (χ1) is 17.9. The molecule has 4 rings (SSSR count). The smallest absolute Gasteiger partial charge is 0.323 e. The zero-order valence-corrected chi connectivity index (χ0v) is 20.9. The Morgan fingerprint density at radius 1 is 0.892 bits per heavy atom. The van der Waals surface area contributed by atoms with E-state index in [4.69, 9.17) is 4.74 Å². The zero-order valence-electron chi connectivity index (χ0n) is 20.9. The average Bonchev–Trinajstić information content (AvgIpc) is 3.39. The highest BCUT2D eigenvalue weighted by atomic mass is 16.5. The van der Waals surface area contributed by atoms with E-state index in [9.17, 15) is 14.4 Å². The van der Waals surface area contributed by atoms with Crippen molar-refractivity contribution >= 4 is 34.9 Å². The van der Waals surface area contributed by atoms with Crippen molar-refractivity contribution in [1.82, 2.24) is 10.2 Å². The molecule has 1 aliphatic heterocycles. The van der Waals surface area contributed by atoms with E-state index in [1.54, 1.807) is 36.2 Å². The number of para-hydroxylation sites is 1. The van der Waals surface area contributed by atoms with Gasteiger partial charge in [0.15, 0.2) is 0 Å². The fraction of sp³-hybridized carbons (Fsp3) is 0.250. The molecule has 1 unspecified atom stereocenters. The molecule has 0 saturated carbocycles. The van der Waals surface area contributed by atoms with Gasteiger partial charge in [-0.15, -0.1) is 0 Å². The summed E-state index contributed by atoms with van der Waals surface area (Å²) in [7, 11) is 1.77. The number of anilines is 3. The first kappa shape index (κ1) is 25.6. The maximum Gasteiger partial charge on any atom is 0.323 e. The summed E-state index contributed by atoms with van der Waals surface area (Å²) in [5.41, 5.74) is 2.34. The van der Waals surface area contributed by atoms with Crippen molar-refractivity contribution in [2.24, 2.45) is 0 Å². The molecule has 9 heteroatoms. The molecule has 3 aromatic carbocycles. The topological polar surface area (TPSA) is 103 Å². The third kappa shape index (κ3) is 7.23. The summed E-state index contributed by atoms with van der Waals surface area (Å²) >= 11 is 0. The van der Waals surface area contributed by atoms with Crippen LogP contribution in [-0.2, 0) is 9.59 Å². The molecule has 1 heterocycles. The summed E-state index contributed by atoms with van der Waals surface area (Å²) in [6.45, 7) is 2.93. The molecule has 37 heavy (non-hydrogen) atoms. The number of carbonyl (C=O) groups is 3. The van der Waals surface area contributed by atoms with E-state index in [2.05, 4.69) is 20.9 Å². The van der Waals surface area contributed by atoms with Gasteiger partial charge in [-0.2, -0.15) is 0 Å². The van der Waals surface area contributed by atoms with E-state index in [-0.39, 0.29) is 30.4 Å². The van der Waals surface area contributed by atoms with E-state index in [0.29, 0.717) is 23.7 Å². The summed E-state index contributed by atoms with van der Waals surface area (Å²) in [4.78, 5) is 39.7. The summed E-state index contributed by atoms with van der Waals surface area (Å²) in [5.74, 6) is 1.10. The fourth-order valence-electron chi connectivity index (χ4n) is 4.10. The first-order valence-corrected chi connectivity index (χ1v) is 12.1. The molecule has 1 aliphatic rings. The van der Waals surface area contributed by atoms with Crippen LogP contribution < -0.4 is 25.6 Å². The lowest BCUT2D eigenvalue weighted by molar-refractivity contribution is -0.132. The van der Waals surface area contributed by atoms with Gasteiger partial charge in [0, 0.05) is 44.1 Å². The number of rotatable bonds is 8. The minimum Gasteiger partial charge on any atom is -0.457 e. The van der Waals surface area contributed by atoms with Crippen LogP contribution in [0.2, 0.25) is 0 Å². The lowest BCUT2D eigenvalue weighted by atomic mass is 10.2. The Kier molecular flexibility index (Phi) is 8.25. The molecular weight excluding hydrogens is 470 g/mol. The van der Waals surface area contributed by atoms with E-state index in [1.165, 1.54) is 6.92 Å². The van der Waals surface area contributed by atoms with Crippen molar-refractivity contribution in [3.8, 4) is 11.5 Å². The Morgan fingerprint density at radius 2 is 1.49 bits per heavy atom. The molecule has 0 aromatic heterocycles. The maximum absolute atomic E-state index is 12.4. The van der Waals surface area contributed by atoms with Gasteiger partial charge in [-0.25, -0.2) is 4.79 Å². The zero-order chi connectivity index (χ0) is 26.2. The Balaban J connectivity index is 1.25. The van der Waals surface area contributed by atoms with Gasteiger partial charge in [0.1, 0.15) is 11.5 Å². The van der Waals surface area contributed by atoms with Crippen molar-refractivity contribution in [3.63, 3.8) is 0 Å². The van der Waals surface area contributed by atoms with E-state index in [1.807, 2.05) is 54.6 Å². The first-order valence-electron chi connectivity index (χ1n) is 12.1. The Bertz CT molecular complexity index is 1220. The molecule has 9 nitrogen and oxygen atoms in total. The van der Waals surface area contributed by atoms with Gasteiger partial charge >= 0.3 is 6.03 Å². The molecule has 1 atom stereocenters. The number of urea groups is 1. The maximum atomic E-state index is 12.4. The molecule has 192 valence electrons. The molecule has 4 amide bonds. The van der Waals surface area contributed by atoms with Crippen LogP contribution in [0.5, 0.6) is 11.5 Å². The van der Waals surface area contributed by atoms with Crippen LogP contribution in [0.15, 0.2) is 78.9 Å². The number of benzene rings is 3. The average molecular weight is 502 g/mol. The van der Waals surface area contributed by atoms with Crippen LogP contribution in [0.1, 0.15) is 13.3 Å². The number of nitrogens with zero attached hydrogens (tertiary/aromatic N) is 2. The monoisotopic (exact) mass is 501 g/mol. The highest BCUT2D eigenvalue weighted by Gasteiger charge is 2.28. The van der Waals surface area contributed by atoms with Crippen molar-refractivity contribution in [2.75, 3.05) is 42.2 Å². The van der Waals surface area contributed by atoms with Crippen molar-refractivity contribution in [2.45, 2.75) is 19.4 Å². The molecule has 3 N–H and O–H groups in total. The van der Waals surface area contributed by atoms with Crippen LogP contribution in [-0.4, -0.2) is 55.5 Å². The number of carbonyl (C=O) groups excluding carboxylic acids is 3. The van der Waals surface area contributed by atoms with Crippen LogP contribution in [0, 0.1) is 0 Å². The van der Waals surface area contributed by atoms with Gasteiger partial charge in [-0.1, -0.05) is 18.2 Å². The Hall–Kier alpha value is -4.53. The van der Waals surface area contributed by atoms with Gasteiger partial charge in [0.2, 0.25) is 11.8 Å². The molecule has 0 radical (unpaired) electrons. The summed E-state index contributed by atoms with van der Waals surface area (Å²) in [6.07, 6.45) is 0.847. The summed E-state index contributed by atoms with van der Waals surface area (Å²) in [5, 5.41) is 8.21. The van der Waals surface area contributed by atoms with Crippen molar-refractivity contribution in [1.29, 1.82) is 0 Å². The van der Waals surface area contributed by atoms with Crippen LogP contribution in [0.3, 0.4) is 0 Å². The predicted octanol–water partition coefficient (Wildman–Crippen LogP) is 4.30. The summed E-state index contributed by atoms with van der Waals surface area (Å²) in [6, 6.07) is 24.0. The quantitative estimate of drug-likeness (QED) is 0.427. The molecule has 1 saturated heterocycles. The van der Waals surface area contributed by atoms with E-state index < -0.39 is 0 Å². The lowest BCUT2D eigenvalue weighted by Crippen LogP contribution is -2.44. The number of ether oxygens (including phenoxy) is 1. The Labute approximate surface area is 216 Å². The normalized spacial score (nSPS) is 14.5. The minimum atomic E-state index is -0.343. The second-order valence-electron chi connectivity index (χ2n) is 8.87. The number of hydrogen-bond donors (Lipinski definition) is 3. The van der Waals surface area contributed by atoms with Crippen LogP contribution >= 0.6 is 0 Å². The number of likely N-dealkylation sites (N-methyl/N-ethyl adjacent to an activating group) is 1. The molecule has 1 fully saturated rings. The van der Waals surface area contributed by atoms with E-state index in [0.717, 1.165) is 24.4 Å². The third-order valence-electron chi connectivity index (χ3n) is 6.17. The van der Waals surface area contributed by atoms with Gasteiger partial charge in [-0.3, -0.25) is 9.59 Å². The minimum absolute atomic E-state index is 0.0103. The van der Waals surface area contributed by atoms with Gasteiger partial charge in [-0.05, 0) is 67.1 Å². The molecule has 3 aromatic rings. The Morgan fingerprint density at radius 3 is 2.11 bits per heavy atom. The predicted molar refractivity (Wildman–Crippen MR) is 144 cm³/mol. The highest BCUT2D eigenvalue weighted by molar-refractivity contribution is 5.99. The third-order valence-corrected chi connectivity index (χ3v) is 6.17. The largest absolute Gasteiger partial charge is 0.457 e. The summed E-state index contributed by atoms with van der Waals surface area (Å²) < 4.78 is 5.77. The standard InChI is InChI=1S/C28H31N5O4/c1-20(34)29-18-27(35)32(2)24-16-17-33(19-24)23-12-8-21(9-13-23)30-28(36)31-22-10-14-26(15-11-22)37-25-6-4-3-5-7-25/h3-15,24H,16-19H2,1-2H3,(H,29,34)(H2,30,31,36). The highest BCUT2D eigenvalue weighted by Crippen LogP contribution is 2.25. The SMILES string of the molecule is CC(=O)NCC(=O)N(C)C1CCN(c2ccc(NC(=O)Nc3ccc(Oc4ccccc4)cc3)cc2)C1.